The van der Waals surface area contributed by atoms with Gasteiger partial charge in [0.25, 0.3) is 0 Å². The van der Waals surface area contributed by atoms with E-state index in [1.807, 2.05) is 19.1 Å². The Bertz CT molecular complexity index is 400. The highest BCUT2D eigenvalue weighted by Crippen LogP contribution is 2.20. The van der Waals surface area contributed by atoms with Crippen molar-refractivity contribution in [1.29, 1.82) is 0 Å². The van der Waals surface area contributed by atoms with E-state index in [1.54, 1.807) is 12.4 Å². The predicted molar refractivity (Wildman–Crippen MR) is 67.3 cm³/mol. The van der Waals surface area contributed by atoms with E-state index < -0.39 is 0 Å². The fourth-order valence-electron chi connectivity index (χ4n) is 2.14. The minimum absolute atomic E-state index is 0.0517. The lowest BCUT2D eigenvalue weighted by atomic mass is 10.0. The van der Waals surface area contributed by atoms with Gasteiger partial charge in [-0.1, -0.05) is 12.2 Å². The molecule has 0 saturated heterocycles. The summed E-state index contributed by atoms with van der Waals surface area (Å²) in [4.78, 5) is 15.8. The number of rotatable bonds is 4. The van der Waals surface area contributed by atoms with Gasteiger partial charge in [0.2, 0.25) is 5.91 Å². The van der Waals surface area contributed by atoms with Crippen molar-refractivity contribution in [2.24, 2.45) is 5.92 Å². The highest BCUT2D eigenvalue weighted by Gasteiger charge is 2.15. The molecule has 1 aromatic rings. The summed E-state index contributed by atoms with van der Waals surface area (Å²) in [5, 5.41) is 3.02. The Labute approximate surface area is 102 Å². The fraction of sp³-hybridized carbons (Fsp3) is 0.429. The lowest BCUT2D eigenvalue weighted by molar-refractivity contribution is -0.122. The third-order valence-corrected chi connectivity index (χ3v) is 3.14. The molecule has 17 heavy (non-hydrogen) atoms. The van der Waals surface area contributed by atoms with E-state index in [9.17, 15) is 4.79 Å². The van der Waals surface area contributed by atoms with Gasteiger partial charge in [0.1, 0.15) is 0 Å². The van der Waals surface area contributed by atoms with Gasteiger partial charge in [0.05, 0.1) is 6.04 Å². The number of nitrogens with zero attached hydrogens (tertiary/aromatic N) is 1. The number of hydrogen-bond donors (Lipinski definition) is 1. The Morgan fingerprint density at radius 3 is 2.94 bits per heavy atom. The van der Waals surface area contributed by atoms with Crippen molar-refractivity contribution in [3.63, 3.8) is 0 Å². The predicted octanol–water partition coefficient (Wildman–Crippen LogP) is 2.62. The van der Waals surface area contributed by atoms with Crippen LogP contribution in [0.5, 0.6) is 0 Å². The summed E-state index contributed by atoms with van der Waals surface area (Å²) in [5.41, 5.74) is 1.09. The molecule has 2 atom stereocenters. The van der Waals surface area contributed by atoms with Crippen molar-refractivity contribution in [2.75, 3.05) is 0 Å². The summed E-state index contributed by atoms with van der Waals surface area (Å²) < 4.78 is 0. The molecule has 0 aliphatic heterocycles. The van der Waals surface area contributed by atoms with Crippen LogP contribution in [0.1, 0.15) is 37.8 Å². The molecule has 1 N–H and O–H groups in total. The Kier molecular flexibility index (Phi) is 3.91. The van der Waals surface area contributed by atoms with E-state index in [1.165, 1.54) is 0 Å². The SMILES string of the molecule is C[C@H](NC(=O)C[C@H]1C=CCC1)c1ccncc1. The van der Waals surface area contributed by atoms with Crippen LogP contribution in [0, 0.1) is 5.92 Å². The van der Waals surface area contributed by atoms with Crippen LogP contribution in [0.25, 0.3) is 0 Å². The number of carbonyl (C=O) groups is 1. The van der Waals surface area contributed by atoms with E-state index in [4.69, 9.17) is 0 Å². The molecule has 2 rings (SSSR count). The molecule has 0 unspecified atom stereocenters. The zero-order chi connectivity index (χ0) is 12.1. The topological polar surface area (TPSA) is 42.0 Å². The second kappa shape index (κ2) is 5.62. The molecular formula is C14H18N2O. The molecule has 0 fully saturated rings. The largest absolute Gasteiger partial charge is 0.350 e. The summed E-state index contributed by atoms with van der Waals surface area (Å²) in [6.45, 7) is 2.00. The minimum Gasteiger partial charge on any atom is -0.350 e. The number of pyridine rings is 1. The van der Waals surface area contributed by atoms with Gasteiger partial charge in [-0.05, 0) is 43.4 Å². The summed E-state index contributed by atoms with van der Waals surface area (Å²) in [5.74, 6) is 0.561. The lowest BCUT2D eigenvalue weighted by Crippen LogP contribution is -2.27. The molecule has 1 aliphatic rings. The first-order valence-corrected chi connectivity index (χ1v) is 6.11. The third-order valence-electron chi connectivity index (χ3n) is 3.14. The van der Waals surface area contributed by atoms with Gasteiger partial charge >= 0.3 is 0 Å². The molecule has 1 aromatic heterocycles. The number of carbonyl (C=O) groups excluding carboxylic acids is 1. The lowest BCUT2D eigenvalue weighted by Gasteiger charge is -2.15. The van der Waals surface area contributed by atoms with Gasteiger partial charge in [0, 0.05) is 18.8 Å². The van der Waals surface area contributed by atoms with Crippen LogP contribution < -0.4 is 5.32 Å². The molecular weight excluding hydrogens is 212 g/mol. The van der Waals surface area contributed by atoms with Gasteiger partial charge in [0.15, 0.2) is 0 Å². The maximum atomic E-state index is 11.8. The monoisotopic (exact) mass is 230 g/mol. The average Bonchev–Trinajstić information content (AvgIpc) is 2.82. The van der Waals surface area contributed by atoms with Crippen molar-refractivity contribution in [1.82, 2.24) is 10.3 Å². The molecule has 0 radical (unpaired) electrons. The first-order chi connectivity index (χ1) is 8.25. The second-order valence-corrected chi connectivity index (χ2v) is 4.54. The Balaban J connectivity index is 1.84. The van der Waals surface area contributed by atoms with Crippen LogP contribution in [0.4, 0.5) is 0 Å². The average molecular weight is 230 g/mol. The molecule has 0 saturated carbocycles. The van der Waals surface area contributed by atoms with Crippen LogP contribution in [0.2, 0.25) is 0 Å². The summed E-state index contributed by atoms with van der Waals surface area (Å²) >= 11 is 0. The van der Waals surface area contributed by atoms with Crippen LogP contribution in [0.3, 0.4) is 0 Å². The van der Waals surface area contributed by atoms with Gasteiger partial charge in [-0.2, -0.15) is 0 Å². The maximum absolute atomic E-state index is 11.8. The standard InChI is InChI=1S/C14H18N2O/c1-11(13-6-8-15-9-7-13)16-14(17)10-12-4-2-3-5-12/h2,4,6-9,11-12H,3,5,10H2,1H3,(H,16,17)/t11-,12-/m0/s1. The Morgan fingerprint density at radius 1 is 1.53 bits per heavy atom. The van der Waals surface area contributed by atoms with Gasteiger partial charge < -0.3 is 5.32 Å². The molecule has 3 heteroatoms. The van der Waals surface area contributed by atoms with Crippen LogP contribution >= 0.6 is 0 Å². The minimum atomic E-state index is 0.0517. The highest BCUT2D eigenvalue weighted by atomic mass is 16.1. The van der Waals surface area contributed by atoms with E-state index in [0.29, 0.717) is 12.3 Å². The molecule has 3 nitrogen and oxygen atoms in total. The van der Waals surface area contributed by atoms with Gasteiger partial charge in [-0.25, -0.2) is 0 Å². The van der Waals surface area contributed by atoms with Crippen molar-refractivity contribution in [3.05, 3.63) is 42.2 Å². The molecule has 0 aromatic carbocycles. The van der Waals surface area contributed by atoms with E-state index in [2.05, 4.69) is 22.5 Å². The second-order valence-electron chi connectivity index (χ2n) is 4.54. The molecule has 1 heterocycles. The van der Waals surface area contributed by atoms with Crippen molar-refractivity contribution in [3.8, 4) is 0 Å². The fourth-order valence-corrected chi connectivity index (χ4v) is 2.14. The molecule has 0 bridgehead atoms. The first-order valence-electron chi connectivity index (χ1n) is 6.11. The van der Waals surface area contributed by atoms with Gasteiger partial charge in [-0.15, -0.1) is 0 Å². The van der Waals surface area contributed by atoms with Crippen molar-refractivity contribution in [2.45, 2.75) is 32.2 Å². The highest BCUT2D eigenvalue weighted by molar-refractivity contribution is 5.76. The van der Waals surface area contributed by atoms with Gasteiger partial charge in [-0.3, -0.25) is 9.78 Å². The Morgan fingerprint density at radius 2 is 2.29 bits per heavy atom. The smallest absolute Gasteiger partial charge is 0.221 e. The number of amides is 1. The first kappa shape index (κ1) is 11.8. The van der Waals surface area contributed by atoms with E-state index in [0.717, 1.165) is 18.4 Å². The summed E-state index contributed by atoms with van der Waals surface area (Å²) in [6, 6.07) is 3.91. The van der Waals surface area contributed by atoms with Crippen LogP contribution in [0.15, 0.2) is 36.7 Å². The Hall–Kier alpha value is -1.64. The normalized spacial score (nSPS) is 20.2. The number of hydrogen-bond acceptors (Lipinski definition) is 2. The van der Waals surface area contributed by atoms with Crippen molar-refractivity contribution >= 4 is 5.91 Å². The van der Waals surface area contributed by atoms with Crippen LogP contribution in [-0.4, -0.2) is 10.9 Å². The molecule has 0 spiro atoms. The third kappa shape index (κ3) is 3.41. The summed E-state index contributed by atoms with van der Waals surface area (Å²) in [6.07, 6.45) is 10.6. The molecule has 90 valence electrons. The summed E-state index contributed by atoms with van der Waals surface area (Å²) in [7, 11) is 0. The number of aromatic nitrogens is 1. The molecule has 1 amide bonds. The van der Waals surface area contributed by atoms with E-state index in [-0.39, 0.29) is 11.9 Å². The molecule has 1 aliphatic carbocycles. The number of nitrogens with one attached hydrogen (secondary N) is 1. The number of allylic oxidation sites excluding steroid dienone is 2. The van der Waals surface area contributed by atoms with Crippen LogP contribution in [-0.2, 0) is 4.79 Å². The quantitative estimate of drug-likeness (QED) is 0.808. The van der Waals surface area contributed by atoms with Crippen molar-refractivity contribution < 1.29 is 4.79 Å². The zero-order valence-corrected chi connectivity index (χ0v) is 10.1. The zero-order valence-electron chi connectivity index (χ0n) is 10.1. The maximum Gasteiger partial charge on any atom is 0.221 e. The van der Waals surface area contributed by atoms with E-state index >= 15 is 0 Å².